The lowest BCUT2D eigenvalue weighted by Crippen LogP contribution is -2.39. The standard InChI is InChI=1S/C15H27NO/c1-14(2,17)12-5-8-15(3)7-4-9-16-10-6-13(15)11-12/h6,12,16-17H,4-5,7-11H2,1-3H3/b13-6-. The molecule has 2 rings (SSSR count). The summed E-state index contributed by atoms with van der Waals surface area (Å²) in [5, 5.41) is 13.7. The number of aliphatic hydroxyl groups is 1. The van der Waals surface area contributed by atoms with Crippen LogP contribution in [0, 0.1) is 11.3 Å². The fourth-order valence-electron chi connectivity index (χ4n) is 3.39. The molecule has 1 heterocycles. The van der Waals surface area contributed by atoms with E-state index in [2.05, 4.69) is 18.3 Å². The molecule has 1 aliphatic carbocycles. The zero-order chi connectivity index (χ0) is 12.5. The Kier molecular flexibility index (Phi) is 3.65. The lowest BCUT2D eigenvalue weighted by Gasteiger charge is -2.44. The van der Waals surface area contributed by atoms with Crippen LogP contribution in [0.2, 0.25) is 0 Å². The Morgan fingerprint density at radius 3 is 2.88 bits per heavy atom. The summed E-state index contributed by atoms with van der Waals surface area (Å²) < 4.78 is 0. The van der Waals surface area contributed by atoms with E-state index in [1.54, 1.807) is 5.57 Å². The van der Waals surface area contributed by atoms with Crippen LogP contribution in [0.4, 0.5) is 0 Å². The molecule has 2 heteroatoms. The predicted octanol–water partition coefficient (Wildman–Crippen LogP) is 2.87. The van der Waals surface area contributed by atoms with Crippen molar-refractivity contribution in [3.8, 4) is 0 Å². The molecule has 0 saturated heterocycles. The largest absolute Gasteiger partial charge is 0.390 e. The zero-order valence-electron chi connectivity index (χ0n) is 11.6. The smallest absolute Gasteiger partial charge is 0.0622 e. The van der Waals surface area contributed by atoms with Gasteiger partial charge in [0.25, 0.3) is 0 Å². The predicted molar refractivity (Wildman–Crippen MR) is 71.9 cm³/mol. The van der Waals surface area contributed by atoms with E-state index < -0.39 is 5.60 Å². The first kappa shape index (κ1) is 13.1. The van der Waals surface area contributed by atoms with E-state index in [1.807, 2.05) is 13.8 Å². The van der Waals surface area contributed by atoms with Crippen molar-refractivity contribution in [2.45, 2.75) is 58.5 Å². The van der Waals surface area contributed by atoms with Gasteiger partial charge in [-0.3, -0.25) is 0 Å². The van der Waals surface area contributed by atoms with Gasteiger partial charge in [0, 0.05) is 6.54 Å². The second-order valence-corrected chi connectivity index (χ2v) is 6.69. The molecule has 17 heavy (non-hydrogen) atoms. The van der Waals surface area contributed by atoms with Crippen LogP contribution in [-0.2, 0) is 0 Å². The molecule has 0 radical (unpaired) electrons. The number of hydrogen-bond acceptors (Lipinski definition) is 2. The highest BCUT2D eigenvalue weighted by atomic mass is 16.3. The van der Waals surface area contributed by atoms with E-state index in [-0.39, 0.29) is 0 Å². The zero-order valence-corrected chi connectivity index (χ0v) is 11.6. The summed E-state index contributed by atoms with van der Waals surface area (Å²) in [6, 6.07) is 0. The van der Waals surface area contributed by atoms with Crippen LogP contribution in [0.1, 0.15) is 52.9 Å². The molecule has 0 spiro atoms. The molecule has 0 aromatic heterocycles. The van der Waals surface area contributed by atoms with Gasteiger partial charge in [-0.2, -0.15) is 0 Å². The van der Waals surface area contributed by atoms with Crippen LogP contribution >= 0.6 is 0 Å². The summed E-state index contributed by atoms with van der Waals surface area (Å²) in [5.41, 5.74) is 1.46. The summed E-state index contributed by atoms with van der Waals surface area (Å²) >= 11 is 0. The van der Waals surface area contributed by atoms with Crippen molar-refractivity contribution in [3.63, 3.8) is 0 Å². The Bertz CT molecular complexity index is 303. The minimum atomic E-state index is -0.530. The fraction of sp³-hybridized carbons (Fsp3) is 0.867. The molecule has 2 aliphatic rings. The molecular formula is C15H27NO. The molecule has 2 nitrogen and oxygen atoms in total. The van der Waals surface area contributed by atoms with Gasteiger partial charge in [-0.1, -0.05) is 18.6 Å². The summed E-state index contributed by atoms with van der Waals surface area (Å²) in [4.78, 5) is 0. The van der Waals surface area contributed by atoms with Gasteiger partial charge in [-0.25, -0.2) is 0 Å². The SMILES string of the molecule is CC12CCCNC/C=C\1CC(C(C)(C)O)CC2. The number of hydrogen-bond donors (Lipinski definition) is 2. The Labute approximate surface area is 105 Å². The topological polar surface area (TPSA) is 32.3 Å². The van der Waals surface area contributed by atoms with E-state index >= 15 is 0 Å². The highest BCUT2D eigenvalue weighted by Crippen LogP contribution is 2.48. The van der Waals surface area contributed by atoms with Crippen molar-refractivity contribution < 1.29 is 5.11 Å². The molecule has 98 valence electrons. The summed E-state index contributed by atoms with van der Waals surface area (Å²) in [7, 11) is 0. The molecule has 0 aromatic carbocycles. The molecule has 1 fully saturated rings. The van der Waals surface area contributed by atoms with Crippen LogP contribution in [0.15, 0.2) is 11.6 Å². The first-order chi connectivity index (χ1) is 7.92. The Balaban J connectivity index is 2.16. The van der Waals surface area contributed by atoms with Crippen LogP contribution < -0.4 is 5.32 Å². The molecule has 0 amide bonds. The third-order valence-corrected chi connectivity index (χ3v) is 4.86. The molecule has 0 bridgehead atoms. The third-order valence-electron chi connectivity index (χ3n) is 4.86. The maximum absolute atomic E-state index is 10.2. The van der Waals surface area contributed by atoms with Crippen molar-refractivity contribution in [1.82, 2.24) is 5.32 Å². The lowest BCUT2D eigenvalue weighted by atomic mass is 9.63. The minimum Gasteiger partial charge on any atom is -0.390 e. The number of rotatable bonds is 1. The average Bonchev–Trinajstić information content (AvgIpc) is 2.20. The van der Waals surface area contributed by atoms with Crippen molar-refractivity contribution >= 4 is 0 Å². The highest BCUT2D eigenvalue weighted by molar-refractivity contribution is 5.19. The number of fused-ring (bicyclic) bond motifs is 1. The van der Waals surface area contributed by atoms with Gasteiger partial charge in [0.15, 0.2) is 0 Å². The van der Waals surface area contributed by atoms with Gasteiger partial charge >= 0.3 is 0 Å². The molecule has 2 atom stereocenters. The van der Waals surface area contributed by atoms with Gasteiger partial charge in [0.2, 0.25) is 0 Å². The first-order valence-corrected chi connectivity index (χ1v) is 7.04. The van der Waals surface area contributed by atoms with Crippen LogP contribution in [-0.4, -0.2) is 23.8 Å². The second kappa shape index (κ2) is 4.74. The van der Waals surface area contributed by atoms with E-state index in [9.17, 15) is 5.11 Å². The van der Waals surface area contributed by atoms with Gasteiger partial charge in [-0.05, 0) is 63.8 Å². The van der Waals surface area contributed by atoms with Crippen LogP contribution in [0.3, 0.4) is 0 Å². The van der Waals surface area contributed by atoms with E-state index in [0.717, 1.165) is 19.5 Å². The van der Waals surface area contributed by atoms with Crippen LogP contribution in [0.5, 0.6) is 0 Å². The van der Waals surface area contributed by atoms with Crippen molar-refractivity contribution in [2.75, 3.05) is 13.1 Å². The van der Waals surface area contributed by atoms with Crippen molar-refractivity contribution in [1.29, 1.82) is 0 Å². The molecule has 1 aliphatic heterocycles. The van der Waals surface area contributed by atoms with Gasteiger partial charge in [0.1, 0.15) is 0 Å². The van der Waals surface area contributed by atoms with Crippen molar-refractivity contribution in [2.24, 2.45) is 11.3 Å². The summed E-state index contributed by atoms with van der Waals surface area (Å²) in [6.07, 6.45) is 8.46. The average molecular weight is 237 g/mol. The summed E-state index contributed by atoms with van der Waals surface area (Å²) in [5.74, 6) is 0.432. The normalized spacial score (nSPS) is 38.6. The second-order valence-electron chi connectivity index (χ2n) is 6.69. The monoisotopic (exact) mass is 237 g/mol. The molecule has 0 aromatic rings. The number of allylic oxidation sites excluding steroid dienone is 1. The van der Waals surface area contributed by atoms with Gasteiger partial charge in [0.05, 0.1) is 5.60 Å². The van der Waals surface area contributed by atoms with Crippen molar-refractivity contribution in [3.05, 3.63) is 11.6 Å². The lowest BCUT2D eigenvalue weighted by molar-refractivity contribution is -0.00352. The maximum Gasteiger partial charge on any atom is 0.0622 e. The molecular weight excluding hydrogens is 210 g/mol. The van der Waals surface area contributed by atoms with E-state index in [4.69, 9.17) is 0 Å². The van der Waals surface area contributed by atoms with Crippen LogP contribution in [0.25, 0.3) is 0 Å². The quantitative estimate of drug-likeness (QED) is 0.687. The molecule has 2 unspecified atom stereocenters. The highest BCUT2D eigenvalue weighted by Gasteiger charge is 2.39. The Hall–Kier alpha value is -0.340. The van der Waals surface area contributed by atoms with E-state index in [0.29, 0.717) is 11.3 Å². The summed E-state index contributed by atoms with van der Waals surface area (Å²) in [6.45, 7) is 8.49. The first-order valence-electron chi connectivity index (χ1n) is 7.04. The van der Waals surface area contributed by atoms with E-state index in [1.165, 1.54) is 25.7 Å². The number of nitrogens with one attached hydrogen (secondary N) is 1. The van der Waals surface area contributed by atoms with Gasteiger partial charge < -0.3 is 10.4 Å². The maximum atomic E-state index is 10.2. The Morgan fingerprint density at radius 2 is 2.18 bits per heavy atom. The third kappa shape index (κ3) is 2.92. The van der Waals surface area contributed by atoms with Gasteiger partial charge in [-0.15, -0.1) is 0 Å². The molecule has 1 saturated carbocycles. The minimum absolute atomic E-state index is 0.407. The fourth-order valence-corrected chi connectivity index (χ4v) is 3.39. The molecule has 2 N–H and O–H groups in total. The Morgan fingerprint density at radius 1 is 1.41 bits per heavy atom.